The number of rotatable bonds is 11. The Balaban J connectivity index is -0.000000187. The van der Waals surface area contributed by atoms with E-state index in [0.717, 1.165) is 32.1 Å². The van der Waals surface area contributed by atoms with Crippen molar-refractivity contribution in [2.45, 2.75) is 51.7 Å². The molecule has 0 fully saturated rings. The van der Waals surface area contributed by atoms with Gasteiger partial charge in [0.15, 0.2) is 6.23 Å². The summed E-state index contributed by atoms with van der Waals surface area (Å²) in [5.41, 5.74) is 11.0. The van der Waals surface area contributed by atoms with Crippen LogP contribution < -0.4 is 92.4 Å². The Morgan fingerprint density at radius 3 is 2.50 bits per heavy atom. The van der Waals surface area contributed by atoms with Gasteiger partial charge in [-0.15, -0.1) is 9.05 Å². The average Bonchev–Trinajstić information content (AvgIpc) is 2.25. The van der Waals surface area contributed by atoms with Crippen LogP contribution in [0.25, 0.3) is 0 Å². The van der Waals surface area contributed by atoms with Crippen LogP contribution >= 0.6 is 8.25 Å². The maximum Gasteiger partial charge on any atom is 1.00 e. The van der Waals surface area contributed by atoms with Crippen LogP contribution in [0, 0.1) is 0 Å². The third kappa shape index (κ3) is 18.6. The third-order valence-corrected chi connectivity index (χ3v) is 2.95. The first-order chi connectivity index (χ1) is 7.70. The van der Waals surface area contributed by atoms with Crippen molar-refractivity contribution < 1.29 is 97.4 Å². The van der Waals surface area contributed by atoms with Crippen LogP contribution in [0.2, 0.25) is 0 Å². The third-order valence-electron chi connectivity index (χ3n) is 2.11. The first-order valence-corrected chi connectivity index (χ1v) is 7.02. The molecule has 0 aliphatic rings. The summed E-state index contributed by atoms with van der Waals surface area (Å²) in [6.45, 7) is 3.20. The van der Waals surface area contributed by atoms with Crippen LogP contribution in [-0.2, 0) is 13.6 Å². The minimum atomic E-state index is -2.06. The van der Waals surface area contributed by atoms with Gasteiger partial charge in [0.1, 0.15) is 6.61 Å². The summed E-state index contributed by atoms with van der Waals surface area (Å²) in [6, 6.07) is 0. The van der Waals surface area contributed by atoms with E-state index in [-0.39, 0.29) is 83.8 Å². The summed E-state index contributed by atoms with van der Waals surface area (Å²) >= 11 is 0. The Morgan fingerprint density at radius 1 is 1.28 bits per heavy atom. The first kappa shape index (κ1) is 25.5. The van der Waals surface area contributed by atoms with Gasteiger partial charge in [-0.25, -0.2) is 0 Å². The molecule has 2 atom stereocenters. The molecule has 0 rings (SSSR count). The molecule has 0 aromatic rings. The Kier molecular flexibility index (Phi) is 27.8. The van der Waals surface area contributed by atoms with Crippen molar-refractivity contribution in [3.63, 3.8) is 0 Å². The van der Waals surface area contributed by atoms with E-state index >= 15 is 0 Å². The fraction of sp³-hybridized carbons (Fsp3) is 1.00. The number of hydrogen-bond acceptors (Lipinski definition) is 5. The average molecular weight is 315 g/mol. The molecule has 0 bridgehead atoms. The molecule has 0 aromatic heterocycles. The van der Waals surface area contributed by atoms with Crippen molar-refractivity contribution in [2.75, 3.05) is 13.2 Å². The van der Waals surface area contributed by atoms with Gasteiger partial charge in [-0.05, 0) is 32.2 Å². The fourth-order valence-electron chi connectivity index (χ4n) is 1.14. The van der Waals surface area contributed by atoms with Gasteiger partial charge in [-0.2, -0.15) is 0 Å². The second kappa shape index (κ2) is 19.6. The van der Waals surface area contributed by atoms with Gasteiger partial charge in [-0.1, -0.05) is 19.8 Å². The molecular formula is C10H26KN2NaO3P+. The van der Waals surface area contributed by atoms with E-state index < -0.39 is 14.5 Å². The zero-order valence-corrected chi connectivity index (χ0v) is 18.1. The Morgan fingerprint density at radius 2 is 1.94 bits per heavy atom. The molecule has 100 valence electrons. The molecule has 2 unspecified atom stereocenters. The van der Waals surface area contributed by atoms with Gasteiger partial charge in [0.2, 0.25) is 0 Å². The fourth-order valence-corrected chi connectivity index (χ4v) is 1.81. The molecule has 0 saturated heterocycles. The minimum absolute atomic E-state index is 0. The summed E-state index contributed by atoms with van der Waals surface area (Å²) in [5.74, 6) is 0. The molecule has 0 spiro atoms. The normalized spacial score (nSPS) is 12.3. The van der Waals surface area contributed by atoms with Crippen LogP contribution in [0.1, 0.15) is 48.3 Å². The molecule has 0 saturated carbocycles. The van der Waals surface area contributed by atoms with Crippen molar-refractivity contribution in [1.29, 1.82) is 0 Å². The number of nitrogens with two attached hydrogens (primary N) is 2. The van der Waals surface area contributed by atoms with Crippen molar-refractivity contribution >= 4 is 8.25 Å². The van der Waals surface area contributed by atoms with Gasteiger partial charge in [0.25, 0.3) is 0 Å². The van der Waals surface area contributed by atoms with Crippen LogP contribution in [0.3, 0.4) is 0 Å². The second-order valence-electron chi connectivity index (χ2n) is 3.69. The zero-order valence-electron chi connectivity index (χ0n) is 14.1. The summed E-state index contributed by atoms with van der Waals surface area (Å²) in [7, 11) is -2.06. The van der Waals surface area contributed by atoms with Crippen molar-refractivity contribution in [3.8, 4) is 0 Å². The molecule has 0 aliphatic carbocycles. The molecular weight excluding hydrogens is 289 g/mol. The van der Waals surface area contributed by atoms with Crippen molar-refractivity contribution in [1.82, 2.24) is 0 Å². The Hall–Kier alpha value is 2.58. The predicted molar refractivity (Wildman–Crippen MR) is 67.3 cm³/mol. The van der Waals surface area contributed by atoms with E-state index in [4.69, 9.17) is 20.5 Å². The molecule has 18 heavy (non-hydrogen) atoms. The SMILES string of the molecule is CCCCO[P+](=O)OC(N)CCCCCN.[H-].[H-].[K+].[Na+]. The van der Waals surface area contributed by atoms with Crippen molar-refractivity contribution in [2.24, 2.45) is 11.5 Å². The monoisotopic (exact) mass is 315 g/mol. The van der Waals surface area contributed by atoms with Gasteiger partial charge in [0, 0.05) is 4.57 Å². The van der Waals surface area contributed by atoms with Gasteiger partial charge >= 0.3 is 89.2 Å². The zero-order chi connectivity index (χ0) is 12.2. The summed E-state index contributed by atoms with van der Waals surface area (Å²) in [6.07, 6.45) is 5.05. The molecule has 0 radical (unpaired) electrons. The van der Waals surface area contributed by atoms with E-state index in [1.54, 1.807) is 0 Å². The Bertz CT molecular complexity index is 202. The number of hydrogen-bond donors (Lipinski definition) is 2. The van der Waals surface area contributed by atoms with Crippen molar-refractivity contribution in [3.05, 3.63) is 0 Å². The van der Waals surface area contributed by atoms with Gasteiger partial charge in [0.05, 0.1) is 0 Å². The van der Waals surface area contributed by atoms with E-state index in [1.165, 1.54) is 0 Å². The molecule has 0 aliphatic heterocycles. The molecule has 0 aromatic carbocycles. The maximum atomic E-state index is 11.2. The molecule has 4 N–H and O–H groups in total. The summed E-state index contributed by atoms with van der Waals surface area (Å²) < 4.78 is 21.2. The smallest absolute Gasteiger partial charge is 1.00 e. The van der Waals surface area contributed by atoms with Gasteiger partial charge in [-0.3, -0.25) is 0 Å². The van der Waals surface area contributed by atoms with Crippen LogP contribution in [0.5, 0.6) is 0 Å². The first-order valence-electron chi connectivity index (χ1n) is 5.93. The number of unbranched alkanes of at least 4 members (excludes halogenated alkanes) is 3. The Labute approximate surface area is 179 Å². The molecule has 8 heteroatoms. The molecule has 0 heterocycles. The quantitative estimate of drug-likeness (QED) is 0.179. The topological polar surface area (TPSA) is 87.6 Å². The van der Waals surface area contributed by atoms with Crippen LogP contribution in [0.4, 0.5) is 0 Å². The standard InChI is InChI=1S/C10H24N2O3P.K.Na.2H/c1-2-3-9-14-16(13)15-10(12)7-5-4-6-8-11;;;;/h10H,2-9,11-12H2,1H3;;;;/q3*+1;2*-1. The minimum Gasteiger partial charge on any atom is -1.00 e. The van der Waals surface area contributed by atoms with Crippen LogP contribution in [-0.4, -0.2) is 19.4 Å². The van der Waals surface area contributed by atoms with E-state index in [0.29, 0.717) is 19.6 Å². The van der Waals surface area contributed by atoms with E-state index in [2.05, 4.69) is 0 Å². The molecule has 0 amide bonds. The van der Waals surface area contributed by atoms with E-state index in [9.17, 15) is 4.57 Å². The molecule has 5 nitrogen and oxygen atoms in total. The summed E-state index contributed by atoms with van der Waals surface area (Å²) in [5, 5.41) is 0. The van der Waals surface area contributed by atoms with Gasteiger partial charge < -0.3 is 14.3 Å². The van der Waals surface area contributed by atoms with E-state index in [1.807, 2.05) is 6.92 Å². The largest absolute Gasteiger partial charge is 1.00 e. The second-order valence-corrected chi connectivity index (χ2v) is 4.61. The van der Waals surface area contributed by atoms with Crippen LogP contribution in [0.15, 0.2) is 0 Å². The maximum absolute atomic E-state index is 11.2. The predicted octanol–water partition coefficient (Wildman–Crippen LogP) is -3.49. The summed E-state index contributed by atoms with van der Waals surface area (Å²) in [4.78, 5) is 0.